The van der Waals surface area contributed by atoms with E-state index >= 15 is 0 Å². The van der Waals surface area contributed by atoms with Gasteiger partial charge in [0, 0.05) is 12.3 Å². The van der Waals surface area contributed by atoms with E-state index in [1.54, 1.807) is 0 Å². The van der Waals surface area contributed by atoms with Gasteiger partial charge in [0.25, 0.3) is 0 Å². The average molecular weight is 201 g/mol. The van der Waals surface area contributed by atoms with Gasteiger partial charge in [0.15, 0.2) is 0 Å². The average Bonchev–Trinajstić information content (AvgIpc) is 1.97. The fourth-order valence-corrected chi connectivity index (χ4v) is 0.731. The Hall–Kier alpha value is -2.05. The Bertz CT molecular complexity index is 258. The molecule has 0 aromatic rings. The predicted molar refractivity (Wildman–Crippen MR) is 46.7 cm³/mol. The van der Waals surface area contributed by atoms with E-state index in [-0.39, 0.29) is 13.1 Å². The van der Waals surface area contributed by atoms with Gasteiger partial charge >= 0.3 is 5.97 Å². The van der Waals surface area contributed by atoms with E-state index < -0.39 is 17.8 Å². The van der Waals surface area contributed by atoms with E-state index in [4.69, 9.17) is 16.6 Å². The van der Waals surface area contributed by atoms with Crippen molar-refractivity contribution in [1.29, 1.82) is 0 Å². The molecule has 0 spiro atoms. The van der Waals surface area contributed by atoms with Gasteiger partial charge in [0.1, 0.15) is 0 Å². The van der Waals surface area contributed by atoms with Gasteiger partial charge in [-0.1, -0.05) is 0 Å². The zero-order valence-corrected chi connectivity index (χ0v) is 7.34. The van der Waals surface area contributed by atoms with Crippen LogP contribution in [-0.2, 0) is 14.4 Å². The highest BCUT2D eigenvalue weighted by Crippen LogP contribution is 1.88. The van der Waals surface area contributed by atoms with Crippen molar-refractivity contribution >= 4 is 17.8 Å². The van der Waals surface area contributed by atoms with Gasteiger partial charge in [0.05, 0.1) is 13.1 Å². The summed E-state index contributed by atoms with van der Waals surface area (Å²) in [6.45, 7) is -0.514. The molecule has 0 saturated heterocycles. The van der Waals surface area contributed by atoms with Crippen LogP contribution >= 0.6 is 0 Å². The molecule has 0 aliphatic rings. The number of nitrogens with zero attached hydrogens (tertiary/aromatic N) is 1. The summed E-state index contributed by atoms with van der Waals surface area (Å²) in [7, 11) is 0. The van der Waals surface area contributed by atoms with Crippen molar-refractivity contribution in [2.24, 2.45) is 11.5 Å². The van der Waals surface area contributed by atoms with Crippen molar-refractivity contribution in [3.05, 3.63) is 12.3 Å². The summed E-state index contributed by atoms with van der Waals surface area (Å²) < 4.78 is 0. The van der Waals surface area contributed by atoms with Crippen LogP contribution in [-0.4, -0.2) is 40.9 Å². The number of carbonyl (C=O) groups excluding carboxylic acids is 2. The number of nitrogens with two attached hydrogens (primary N) is 2. The minimum absolute atomic E-state index is 0.257. The number of carboxylic acids is 1. The molecule has 0 aromatic carbocycles. The standard InChI is InChI=1S/C7H11N3O4/c8-5(11)3-10(4-6(9)12)2-1-7(13)14/h1-2H,3-4H2,(H2,8,11)(H2,9,12)(H,13,14). The van der Waals surface area contributed by atoms with Gasteiger partial charge in [-0.25, -0.2) is 4.79 Å². The molecule has 0 rings (SSSR count). The van der Waals surface area contributed by atoms with E-state index in [0.717, 1.165) is 17.2 Å². The Kier molecular flexibility index (Phi) is 4.76. The second-order valence-corrected chi connectivity index (χ2v) is 2.49. The fraction of sp³-hybridized carbons (Fsp3) is 0.286. The minimum atomic E-state index is -1.19. The second-order valence-electron chi connectivity index (χ2n) is 2.49. The van der Waals surface area contributed by atoms with Crippen molar-refractivity contribution in [3.63, 3.8) is 0 Å². The molecule has 2 amide bonds. The fourth-order valence-electron chi connectivity index (χ4n) is 0.731. The Morgan fingerprint density at radius 1 is 1.14 bits per heavy atom. The molecule has 0 atom stereocenters. The zero-order chi connectivity index (χ0) is 11.1. The van der Waals surface area contributed by atoms with Gasteiger partial charge in [-0.15, -0.1) is 0 Å². The maximum atomic E-state index is 10.5. The van der Waals surface area contributed by atoms with Gasteiger partial charge in [0.2, 0.25) is 11.8 Å². The number of carbonyl (C=O) groups is 3. The first-order valence-electron chi connectivity index (χ1n) is 3.63. The number of primary amides is 2. The summed E-state index contributed by atoms with van der Waals surface area (Å²) in [5.41, 5.74) is 9.72. The number of carboxylic acid groups (broad SMARTS) is 1. The molecule has 0 saturated carbocycles. The van der Waals surface area contributed by atoms with E-state index in [1.165, 1.54) is 0 Å². The molecule has 0 radical (unpaired) electrons. The molecular formula is C7H11N3O4. The van der Waals surface area contributed by atoms with Gasteiger partial charge in [-0.05, 0) is 0 Å². The van der Waals surface area contributed by atoms with Gasteiger partial charge < -0.3 is 21.5 Å². The van der Waals surface area contributed by atoms with Crippen molar-refractivity contribution < 1.29 is 19.5 Å². The van der Waals surface area contributed by atoms with E-state index in [1.807, 2.05) is 0 Å². The van der Waals surface area contributed by atoms with Gasteiger partial charge in [-0.2, -0.15) is 0 Å². The smallest absolute Gasteiger partial charge is 0.329 e. The molecule has 14 heavy (non-hydrogen) atoms. The molecule has 0 unspecified atom stereocenters. The highest BCUT2D eigenvalue weighted by atomic mass is 16.4. The van der Waals surface area contributed by atoms with Crippen molar-refractivity contribution in [3.8, 4) is 0 Å². The summed E-state index contributed by atoms with van der Waals surface area (Å²) >= 11 is 0. The van der Waals surface area contributed by atoms with E-state index in [9.17, 15) is 14.4 Å². The number of hydrogen-bond donors (Lipinski definition) is 3. The summed E-state index contributed by atoms with van der Waals surface area (Å²) in [6, 6.07) is 0. The summed E-state index contributed by atoms with van der Waals surface area (Å²) in [6.07, 6.45) is 1.85. The first-order chi connectivity index (χ1) is 6.41. The lowest BCUT2D eigenvalue weighted by molar-refractivity contribution is -0.131. The van der Waals surface area contributed by atoms with Crippen LogP contribution in [0.5, 0.6) is 0 Å². The van der Waals surface area contributed by atoms with Crippen LogP contribution in [0, 0.1) is 0 Å². The first-order valence-corrected chi connectivity index (χ1v) is 3.63. The summed E-state index contributed by atoms with van der Waals surface area (Å²) in [5.74, 6) is -2.55. The third-order valence-corrected chi connectivity index (χ3v) is 1.15. The van der Waals surface area contributed by atoms with Crippen molar-refractivity contribution in [2.45, 2.75) is 0 Å². The van der Waals surface area contributed by atoms with Crippen molar-refractivity contribution in [1.82, 2.24) is 4.90 Å². The van der Waals surface area contributed by atoms with E-state index in [2.05, 4.69) is 0 Å². The highest BCUT2D eigenvalue weighted by molar-refractivity contribution is 5.81. The molecule has 0 bridgehead atoms. The number of amides is 2. The molecule has 0 heterocycles. The molecule has 0 fully saturated rings. The zero-order valence-electron chi connectivity index (χ0n) is 7.34. The number of aliphatic carboxylic acids is 1. The molecule has 7 heteroatoms. The van der Waals surface area contributed by atoms with Crippen LogP contribution in [0.2, 0.25) is 0 Å². The molecular weight excluding hydrogens is 190 g/mol. The first kappa shape index (κ1) is 11.9. The Labute approximate surface area is 80.0 Å². The van der Waals surface area contributed by atoms with Crippen LogP contribution in [0.4, 0.5) is 0 Å². The topological polar surface area (TPSA) is 127 Å². The maximum Gasteiger partial charge on any atom is 0.329 e. The summed E-state index contributed by atoms with van der Waals surface area (Å²) in [4.78, 5) is 32.2. The molecule has 78 valence electrons. The second kappa shape index (κ2) is 5.57. The molecule has 0 aromatic heterocycles. The summed E-state index contributed by atoms with van der Waals surface area (Å²) in [5, 5.41) is 8.28. The number of hydrogen-bond acceptors (Lipinski definition) is 4. The molecule has 0 aliphatic heterocycles. The molecule has 7 nitrogen and oxygen atoms in total. The normalized spacial score (nSPS) is 10.0. The van der Waals surface area contributed by atoms with E-state index in [0.29, 0.717) is 0 Å². The largest absolute Gasteiger partial charge is 0.478 e. The van der Waals surface area contributed by atoms with Crippen molar-refractivity contribution in [2.75, 3.05) is 13.1 Å². The maximum absolute atomic E-state index is 10.5. The number of rotatable bonds is 6. The highest BCUT2D eigenvalue weighted by Gasteiger charge is 2.06. The third-order valence-electron chi connectivity index (χ3n) is 1.15. The van der Waals surface area contributed by atoms with Crippen LogP contribution < -0.4 is 11.5 Å². The van der Waals surface area contributed by atoms with Crippen LogP contribution in [0.3, 0.4) is 0 Å². The van der Waals surface area contributed by atoms with Gasteiger partial charge in [-0.3, -0.25) is 9.59 Å². The molecule has 5 N–H and O–H groups in total. The van der Waals surface area contributed by atoms with Crippen LogP contribution in [0.15, 0.2) is 12.3 Å². The quantitative estimate of drug-likeness (QED) is 0.422. The lowest BCUT2D eigenvalue weighted by Gasteiger charge is -2.15. The predicted octanol–water partition coefficient (Wildman–Crippen LogP) is -2.14. The molecule has 0 aliphatic carbocycles. The minimum Gasteiger partial charge on any atom is -0.478 e. The lowest BCUT2D eigenvalue weighted by atomic mass is 10.4. The third kappa shape index (κ3) is 6.65. The van der Waals surface area contributed by atoms with Crippen LogP contribution in [0.1, 0.15) is 0 Å². The Morgan fingerprint density at radius 2 is 1.57 bits per heavy atom. The monoisotopic (exact) mass is 201 g/mol. The lowest BCUT2D eigenvalue weighted by Crippen LogP contribution is -2.36. The Balaban J connectivity index is 4.31. The Morgan fingerprint density at radius 3 is 1.86 bits per heavy atom. The van der Waals surface area contributed by atoms with Crippen LogP contribution in [0.25, 0.3) is 0 Å². The SMILES string of the molecule is NC(=O)CN(C=CC(=O)O)CC(N)=O.